The van der Waals surface area contributed by atoms with E-state index in [-0.39, 0.29) is 19.1 Å². The molecule has 8 heteroatoms. The van der Waals surface area contributed by atoms with E-state index in [1.54, 1.807) is 24.5 Å². The third kappa shape index (κ3) is 10.1. The van der Waals surface area contributed by atoms with Gasteiger partial charge in [0.15, 0.2) is 0 Å². The van der Waals surface area contributed by atoms with Crippen molar-refractivity contribution in [3.05, 3.63) is 114 Å². The van der Waals surface area contributed by atoms with Crippen LogP contribution in [0.25, 0.3) is 11.3 Å². The fourth-order valence-corrected chi connectivity index (χ4v) is 2.40. The van der Waals surface area contributed by atoms with Crippen LogP contribution in [0.4, 0.5) is 8.78 Å². The first-order chi connectivity index (χ1) is 14.5. The van der Waals surface area contributed by atoms with Crippen molar-refractivity contribution in [1.29, 1.82) is 0 Å². The lowest BCUT2D eigenvalue weighted by Gasteiger charge is -1.98. The van der Waals surface area contributed by atoms with Crippen LogP contribution >= 0.6 is 15.9 Å². The molecule has 0 spiro atoms. The smallest absolute Gasteiger partial charge is 0.423 e. The molecule has 0 amide bonds. The Bertz CT molecular complexity index is 991. The molecule has 2 aromatic carbocycles. The molecule has 4 aromatic rings. The second kappa shape index (κ2) is 14.1. The Morgan fingerprint density at radius 3 is 1.58 bits per heavy atom. The Labute approximate surface area is 189 Å². The standard InChI is InChI=1S/C11H8FN.C6H6BFO2.C5H4BrN.CH4/c12-10-6-4-9(5-7-10)11-3-1-2-8-13-11;8-6-3-1-5(2-4-6)7(9)10;6-5-3-1-2-4-7-5;/h1-8H;1-4,9-10H;1-4H;1H4. The highest BCUT2D eigenvalue weighted by molar-refractivity contribution is 9.10. The number of hydrogen-bond acceptors (Lipinski definition) is 4. The maximum absolute atomic E-state index is 12.6. The highest BCUT2D eigenvalue weighted by atomic mass is 79.9. The summed E-state index contributed by atoms with van der Waals surface area (Å²) < 4.78 is 25.7. The van der Waals surface area contributed by atoms with Crippen molar-refractivity contribution in [2.24, 2.45) is 0 Å². The largest absolute Gasteiger partial charge is 0.488 e. The van der Waals surface area contributed by atoms with Gasteiger partial charge in [0.2, 0.25) is 0 Å². The fraction of sp³-hybridized carbons (Fsp3) is 0.0435. The fourth-order valence-electron chi connectivity index (χ4n) is 2.13. The van der Waals surface area contributed by atoms with E-state index in [1.165, 1.54) is 36.4 Å². The Hall–Kier alpha value is -2.94. The van der Waals surface area contributed by atoms with Crippen LogP contribution in [0.1, 0.15) is 7.43 Å². The Morgan fingerprint density at radius 1 is 0.677 bits per heavy atom. The van der Waals surface area contributed by atoms with Gasteiger partial charge in [-0.15, -0.1) is 0 Å². The van der Waals surface area contributed by atoms with Gasteiger partial charge >= 0.3 is 7.12 Å². The lowest BCUT2D eigenvalue weighted by atomic mass is 9.80. The van der Waals surface area contributed by atoms with E-state index in [1.807, 2.05) is 36.4 Å². The van der Waals surface area contributed by atoms with E-state index in [4.69, 9.17) is 10.0 Å². The van der Waals surface area contributed by atoms with E-state index >= 15 is 0 Å². The summed E-state index contributed by atoms with van der Waals surface area (Å²) in [5, 5.41) is 17.1. The molecule has 2 N–H and O–H groups in total. The van der Waals surface area contributed by atoms with E-state index < -0.39 is 7.12 Å². The van der Waals surface area contributed by atoms with Crippen LogP contribution < -0.4 is 5.46 Å². The first-order valence-corrected chi connectivity index (χ1v) is 9.60. The summed E-state index contributed by atoms with van der Waals surface area (Å²) in [5.74, 6) is -0.607. The molecule has 4 nitrogen and oxygen atoms in total. The molecule has 0 aliphatic heterocycles. The van der Waals surface area contributed by atoms with Crippen LogP contribution in [0.3, 0.4) is 0 Å². The SMILES string of the molecule is Brc1ccccn1.C.Fc1ccc(-c2ccccn2)cc1.OB(O)c1ccc(F)cc1. The molecule has 0 atom stereocenters. The molecule has 160 valence electrons. The molecular formula is C23H22BBrF2N2O2. The maximum Gasteiger partial charge on any atom is 0.488 e. The average Bonchev–Trinajstić information content (AvgIpc) is 2.77. The molecule has 2 aromatic heterocycles. The van der Waals surface area contributed by atoms with Gasteiger partial charge in [-0.1, -0.05) is 31.7 Å². The number of rotatable bonds is 2. The molecule has 4 rings (SSSR count). The Morgan fingerprint density at radius 2 is 1.19 bits per heavy atom. The van der Waals surface area contributed by atoms with Gasteiger partial charge in [0.05, 0.1) is 5.69 Å². The number of pyridine rings is 2. The number of aromatic nitrogens is 2. The minimum absolute atomic E-state index is 0. The van der Waals surface area contributed by atoms with Gasteiger partial charge in [-0.3, -0.25) is 4.98 Å². The van der Waals surface area contributed by atoms with Crippen molar-refractivity contribution >= 4 is 28.5 Å². The van der Waals surface area contributed by atoms with E-state index in [0.29, 0.717) is 5.46 Å². The third-order valence-corrected chi connectivity index (χ3v) is 4.07. The van der Waals surface area contributed by atoms with Crippen molar-refractivity contribution in [3.63, 3.8) is 0 Å². The van der Waals surface area contributed by atoms with Gasteiger partial charge in [-0.05, 0) is 82.1 Å². The summed E-state index contributed by atoms with van der Waals surface area (Å²) >= 11 is 3.20. The predicted octanol–water partition coefficient (Wildman–Crippen LogP) is 4.87. The van der Waals surface area contributed by atoms with Gasteiger partial charge in [0.1, 0.15) is 16.2 Å². The molecule has 0 bridgehead atoms. The van der Waals surface area contributed by atoms with Gasteiger partial charge in [-0.25, -0.2) is 13.8 Å². The summed E-state index contributed by atoms with van der Waals surface area (Å²) in [6.45, 7) is 0. The highest BCUT2D eigenvalue weighted by Crippen LogP contribution is 2.15. The lowest BCUT2D eigenvalue weighted by molar-refractivity contribution is 0.425. The molecular weight excluding hydrogens is 465 g/mol. The van der Waals surface area contributed by atoms with Crippen LogP contribution in [0.15, 0.2) is 102 Å². The molecule has 0 unspecified atom stereocenters. The first kappa shape index (κ1) is 26.1. The molecule has 0 saturated heterocycles. The zero-order chi connectivity index (χ0) is 21.8. The lowest BCUT2D eigenvalue weighted by Crippen LogP contribution is -2.29. The molecule has 2 heterocycles. The van der Waals surface area contributed by atoms with E-state index in [9.17, 15) is 8.78 Å². The summed E-state index contributed by atoms with van der Waals surface area (Å²) in [6, 6.07) is 22.7. The quantitative estimate of drug-likeness (QED) is 0.313. The third-order valence-electron chi connectivity index (χ3n) is 3.60. The van der Waals surface area contributed by atoms with Gasteiger partial charge in [-0.2, -0.15) is 0 Å². The molecule has 0 radical (unpaired) electrons. The van der Waals surface area contributed by atoms with Gasteiger partial charge in [0.25, 0.3) is 0 Å². The summed E-state index contributed by atoms with van der Waals surface area (Å²) in [4.78, 5) is 8.05. The van der Waals surface area contributed by atoms with Crippen molar-refractivity contribution in [2.75, 3.05) is 0 Å². The Kier molecular flexibility index (Phi) is 11.9. The molecule has 0 aliphatic rings. The monoisotopic (exact) mass is 486 g/mol. The normalized spacial score (nSPS) is 9.19. The van der Waals surface area contributed by atoms with Crippen LogP contribution in [-0.2, 0) is 0 Å². The van der Waals surface area contributed by atoms with E-state index in [2.05, 4.69) is 25.9 Å². The van der Waals surface area contributed by atoms with Crippen molar-refractivity contribution < 1.29 is 18.8 Å². The van der Waals surface area contributed by atoms with Crippen LogP contribution in [0, 0.1) is 11.6 Å². The van der Waals surface area contributed by atoms with Gasteiger partial charge < -0.3 is 10.0 Å². The van der Waals surface area contributed by atoms with Crippen molar-refractivity contribution in [3.8, 4) is 11.3 Å². The zero-order valence-corrected chi connectivity index (χ0v) is 17.3. The number of benzene rings is 2. The summed E-state index contributed by atoms with van der Waals surface area (Å²) in [5.41, 5.74) is 2.09. The second-order valence-corrected chi connectivity index (χ2v) is 6.61. The minimum atomic E-state index is -1.51. The maximum atomic E-state index is 12.6. The number of halogens is 3. The molecule has 0 fully saturated rings. The summed E-state index contributed by atoms with van der Waals surface area (Å²) in [7, 11) is -1.51. The van der Waals surface area contributed by atoms with E-state index in [0.717, 1.165) is 15.9 Å². The molecule has 0 saturated carbocycles. The second-order valence-electron chi connectivity index (χ2n) is 5.80. The number of nitrogens with zero attached hydrogens (tertiary/aromatic N) is 2. The van der Waals surface area contributed by atoms with Gasteiger partial charge in [0, 0.05) is 18.0 Å². The zero-order valence-electron chi connectivity index (χ0n) is 15.7. The Balaban J connectivity index is 0.000000240. The highest BCUT2D eigenvalue weighted by Gasteiger charge is 2.08. The minimum Gasteiger partial charge on any atom is -0.423 e. The van der Waals surface area contributed by atoms with Crippen LogP contribution in [-0.4, -0.2) is 27.1 Å². The predicted molar refractivity (Wildman–Crippen MR) is 125 cm³/mol. The van der Waals surface area contributed by atoms with Crippen LogP contribution in [0.2, 0.25) is 0 Å². The van der Waals surface area contributed by atoms with Crippen molar-refractivity contribution in [1.82, 2.24) is 9.97 Å². The summed E-state index contributed by atoms with van der Waals surface area (Å²) in [6.07, 6.45) is 3.46. The number of hydrogen-bond donors (Lipinski definition) is 2. The molecule has 31 heavy (non-hydrogen) atoms. The average molecular weight is 487 g/mol. The first-order valence-electron chi connectivity index (χ1n) is 8.81. The topological polar surface area (TPSA) is 66.2 Å². The van der Waals surface area contributed by atoms with Crippen LogP contribution in [0.5, 0.6) is 0 Å². The molecule has 0 aliphatic carbocycles. The van der Waals surface area contributed by atoms with Crippen molar-refractivity contribution in [2.45, 2.75) is 7.43 Å².